The minimum Gasteiger partial charge on any atom is -0.805 e. The van der Waals surface area contributed by atoms with E-state index in [1.807, 2.05) is 24.3 Å². The molecule has 36 valence electrons. The van der Waals surface area contributed by atoms with Crippen molar-refractivity contribution in [1.29, 1.82) is 0 Å². The second-order valence-electron chi connectivity index (χ2n) is 1.24. The van der Waals surface area contributed by atoms with Gasteiger partial charge in [-0.1, -0.05) is 0 Å². The minimum atomic E-state index is 0. The van der Waals surface area contributed by atoms with Gasteiger partial charge in [0.15, 0.2) is 0 Å². The van der Waals surface area contributed by atoms with E-state index in [1.165, 1.54) is 0 Å². The number of hydrogen-bond acceptors (Lipinski definition) is 1. The fourth-order valence-electron chi connectivity index (χ4n) is 0.372. The van der Waals surface area contributed by atoms with E-state index < -0.39 is 0 Å². The molecule has 0 heterocycles. The molecule has 0 saturated carbocycles. The molecule has 0 atom stereocenters. The van der Waals surface area contributed by atoms with Gasteiger partial charge in [0.2, 0.25) is 0 Å². The first-order valence-corrected chi connectivity index (χ1v) is 2.43. The van der Waals surface area contributed by atoms with Crippen LogP contribution in [-0.2, 0) is 12.6 Å². The molecule has 0 spiro atoms. The molecule has 0 unspecified atom stereocenters. The van der Waals surface area contributed by atoms with Gasteiger partial charge in [-0.15, -0.1) is 0 Å². The largest absolute Gasteiger partial charge is 1.00 e. The van der Waals surface area contributed by atoms with Crippen molar-refractivity contribution in [3.05, 3.63) is 30.3 Å². The molecule has 0 bridgehead atoms. The molecule has 0 fully saturated rings. The number of hydrogen-bond donors (Lipinski definition) is 0. The van der Waals surface area contributed by atoms with Crippen LogP contribution in [0.25, 0.3) is 0 Å². The molecule has 0 radical (unpaired) electrons. The van der Waals surface area contributed by atoms with Crippen molar-refractivity contribution in [2.75, 3.05) is 0 Å². The monoisotopic (exact) mass is 138 g/mol. The predicted molar refractivity (Wildman–Crippen MR) is 30.9 cm³/mol. The molecule has 0 saturated heterocycles. The molecule has 0 aliphatic carbocycles. The van der Waals surface area contributed by atoms with Crippen LogP contribution in [0.1, 0.15) is 0 Å². The van der Waals surface area contributed by atoms with Gasteiger partial charge in [-0.05, 0) is 0 Å². The molecule has 0 nitrogen and oxygen atoms in total. The Bertz CT molecular complexity index is 143. The molecule has 9 heavy (non-hydrogen) atoms. The maximum absolute atomic E-state index is 4.79. The summed E-state index contributed by atoms with van der Waals surface area (Å²) in [5.41, 5.74) is 0. The Kier molecular flexibility index (Phi) is 10.1. The molecule has 1 aromatic rings. The molecule has 0 aliphatic heterocycles. The van der Waals surface area contributed by atoms with Crippen LogP contribution in [0.2, 0.25) is 0 Å². The van der Waals surface area contributed by atoms with Gasteiger partial charge >= 0.3 is 48.4 Å². The fourth-order valence-corrected chi connectivity index (χ4v) is 0.508. The number of benzene rings is 1. The van der Waals surface area contributed by atoms with Crippen molar-refractivity contribution in [3.8, 4) is 0 Å². The average molecular weight is 138 g/mol. The Balaban J connectivity index is 0. The second kappa shape index (κ2) is 7.15. The predicted octanol–water partition coefficient (Wildman–Crippen LogP) is -4.60. The Morgan fingerprint density at radius 1 is 1.22 bits per heavy atom. The molecule has 0 aliphatic rings. The smallest absolute Gasteiger partial charge is 0.805 e. The summed E-state index contributed by atoms with van der Waals surface area (Å²) in [6.45, 7) is 0. The fraction of sp³-hybridized carbons (Fsp3) is 0. The van der Waals surface area contributed by atoms with E-state index >= 15 is 0 Å². The van der Waals surface area contributed by atoms with E-state index in [0.29, 0.717) is 0 Å². The maximum atomic E-state index is 4.79. The van der Waals surface area contributed by atoms with Crippen LogP contribution in [0.15, 0.2) is 29.2 Å². The SMILES string of the molecule is [Li+].[Na+].[S-]c1cc[c-]cc1. The van der Waals surface area contributed by atoms with Gasteiger partial charge in [0.1, 0.15) is 0 Å². The molecule has 0 amide bonds. The first-order valence-electron chi connectivity index (χ1n) is 2.03. The molecule has 1 rings (SSSR count). The van der Waals surface area contributed by atoms with E-state index in [4.69, 9.17) is 12.6 Å². The second-order valence-corrected chi connectivity index (χ2v) is 1.71. The quantitative estimate of drug-likeness (QED) is 0.197. The topological polar surface area (TPSA) is 0 Å². The van der Waals surface area contributed by atoms with Gasteiger partial charge in [-0.25, -0.2) is 0 Å². The average Bonchev–Trinajstić information content (AvgIpc) is 1.69. The third-order valence-electron chi connectivity index (χ3n) is 0.688. The normalized spacial score (nSPS) is 6.67. The Labute approximate surface area is 95.3 Å². The van der Waals surface area contributed by atoms with Crippen LogP contribution in [0, 0.1) is 6.07 Å². The van der Waals surface area contributed by atoms with Crippen LogP contribution >= 0.6 is 0 Å². The molecular weight excluding hydrogens is 134 g/mol. The first kappa shape index (κ1) is 12.7. The van der Waals surface area contributed by atoms with Crippen LogP contribution in [0.4, 0.5) is 0 Å². The van der Waals surface area contributed by atoms with Crippen LogP contribution in [0.5, 0.6) is 0 Å². The summed E-state index contributed by atoms with van der Waals surface area (Å²) >= 11 is 4.79. The van der Waals surface area contributed by atoms with Crippen molar-refractivity contribution in [3.63, 3.8) is 0 Å². The zero-order valence-corrected chi connectivity index (χ0v) is 8.53. The first-order chi connectivity index (χ1) is 3.39. The third-order valence-corrected chi connectivity index (χ3v) is 0.960. The van der Waals surface area contributed by atoms with Gasteiger partial charge in [0.05, 0.1) is 0 Å². The summed E-state index contributed by atoms with van der Waals surface area (Å²) in [5, 5.41) is 0. The summed E-state index contributed by atoms with van der Waals surface area (Å²) < 4.78 is 0. The number of rotatable bonds is 0. The van der Waals surface area contributed by atoms with E-state index in [-0.39, 0.29) is 48.4 Å². The summed E-state index contributed by atoms with van der Waals surface area (Å²) in [5.74, 6) is 0. The van der Waals surface area contributed by atoms with Crippen molar-refractivity contribution in [2.24, 2.45) is 0 Å². The van der Waals surface area contributed by atoms with Crippen molar-refractivity contribution in [2.45, 2.75) is 4.90 Å². The van der Waals surface area contributed by atoms with E-state index in [2.05, 4.69) is 6.07 Å². The standard InChI is InChI=1S/C6H5S.Li.Na/c7-6-4-2-1-3-5-6;;/h2-5,7H;;/q-1;2*+1/p-1. The van der Waals surface area contributed by atoms with E-state index in [9.17, 15) is 0 Å². The molecular formula is C6H4LiNaS. The van der Waals surface area contributed by atoms with Gasteiger partial charge < -0.3 is 12.6 Å². The third kappa shape index (κ3) is 5.48. The molecule has 3 heteroatoms. The van der Waals surface area contributed by atoms with Crippen molar-refractivity contribution < 1.29 is 48.4 Å². The Morgan fingerprint density at radius 2 is 1.67 bits per heavy atom. The molecule has 1 aromatic carbocycles. The summed E-state index contributed by atoms with van der Waals surface area (Å²) in [4.78, 5) is 0.874. The summed E-state index contributed by atoms with van der Waals surface area (Å²) in [7, 11) is 0. The van der Waals surface area contributed by atoms with Crippen LogP contribution in [-0.4, -0.2) is 0 Å². The molecule has 0 N–H and O–H groups in total. The maximum Gasteiger partial charge on any atom is 1.00 e. The van der Waals surface area contributed by atoms with Crippen LogP contribution in [0.3, 0.4) is 0 Å². The zero-order valence-electron chi connectivity index (χ0n) is 5.72. The minimum absolute atomic E-state index is 0. The van der Waals surface area contributed by atoms with Gasteiger partial charge in [0, 0.05) is 0 Å². The van der Waals surface area contributed by atoms with Crippen molar-refractivity contribution >= 4 is 12.6 Å². The van der Waals surface area contributed by atoms with Gasteiger partial charge in [0.25, 0.3) is 0 Å². The summed E-state index contributed by atoms with van der Waals surface area (Å²) in [6, 6.07) is 10.2. The summed E-state index contributed by atoms with van der Waals surface area (Å²) in [6.07, 6.45) is 0. The zero-order chi connectivity index (χ0) is 5.11. The van der Waals surface area contributed by atoms with Crippen molar-refractivity contribution in [1.82, 2.24) is 0 Å². The Hall–Kier alpha value is 1.04. The van der Waals surface area contributed by atoms with Gasteiger partial charge in [-0.3, -0.25) is 4.90 Å². The Morgan fingerprint density at radius 3 is 1.89 bits per heavy atom. The van der Waals surface area contributed by atoms with E-state index in [0.717, 1.165) is 4.90 Å². The molecule has 0 aromatic heterocycles. The van der Waals surface area contributed by atoms with Crippen LogP contribution < -0.4 is 48.4 Å². The van der Waals surface area contributed by atoms with E-state index in [1.54, 1.807) is 0 Å². The van der Waals surface area contributed by atoms with Gasteiger partial charge in [-0.2, -0.15) is 30.3 Å².